The number of nitrogens with two attached hydrogens (primary N) is 7. The first-order chi connectivity index (χ1) is 19.4. The molecule has 0 fully saturated rings. The quantitative estimate of drug-likeness (QED) is 0.0331. The van der Waals surface area contributed by atoms with Gasteiger partial charge in [-0.25, -0.2) is 0 Å². The van der Waals surface area contributed by atoms with E-state index in [-0.39, 0.29) is 37.9 Å². The van der Waals surface area contributed by atoms with Crippen molar-refractivity contribution in [3.8, 4) is 0 Å². The molecular weight excluding hydrogens is 532 g/mol. The minimum absolute atomic E-state index is 0.0921. The second kappa shape index (κ2) is 22.1. The number of carbonyl (C=O) groups excluding carboxylic acids is 4. The normalized spacial score (nSPS) is 13.6. The predicted octanol–water partition coefficient (Wildman–Crippen LogP) is -2.93. The van der Waals surface area contributed by atoms with Gasteiger partial charge in [0.1, 0.15) is 18.1 Å². The molecule has 0 radical (unpaired) electrons. The van der Waals surface area contributed by atoms with Crippen LogP contribution in [0.2, 0.25) is 0 Å². The Morgan fingerprint density at radius 3 is 1.54 bits per heavy atom. The summed E-state index contributed by atoms with van der Waals surface area (Å²) in [4.78, 5) is 59.0. The summed E-state index contributed by atoms with van der Waals surface area (Å²) in [6.07, 6.45) is 5.76. The van der Waals surface area contributed by atoms with Crippen LogP contribution in [0, 0.1) is 0 Å². The molecule has 0 aromatic rings. The van der Waals surface area contributed by atoms with Crippen LogP contribution >= 0.6 is 0 Å². The van der Waals surface area contributed by atoms with E-state index in [9.17, 15) is 19.2 Å². The van der Waals surface area contributed by atoms with Crippen LogP contribution in [0.3, 0.4) is 0 Å². The first-order valence-electron chi connectivity index (χ1n) is 14.2. The van der Waals surface area contributed by atoms with Crippen LogP contribution in [0.1, 0.15) is 77.6 Å². The maximum atomic E-state index is 13.3. The van der Waals surface area contributed by atoms with Crippen molar-refractivity contribution in [2.75, 3.05) is 19.6 Å². The number of guanidine groups is 2. The summed E-state index contributed by atoms with van der Waals surface area (Å²) in [5, 5.41) is 8.03. The van der Waals surface area contributed by atoms with Gasteiger partial charge in [0.15, 0.2) is 11.9 Å². The minimum atomic E-state index is -1.05. The third kappa shape index (κ3) is 18.3. The van der Waals surface area contributed by atoms with Crippen LogP contribution in [0.25, 0.3) is 0 Å². The second-order valence-corrected chi connectivity index (χ2v) is 9.87. The molecule has 0 aromatic heterocycles. The minimum Gasteiger partial charge on any atom is -0.370 e. The second-order valence-electron chi connectivity index (χ2n) is 9.87. The summed E-state index contributed by atoms with van der Waals surface area (Å²) in [5.74, 6) is -2.56. The molecule has 0 aliphatic rings. The van der Waals surface area contributed by atoms with Gasteiger partial charge in [-0.2, -0.15) is 0 Å². The lowest BCUT2D eigenvalue weighted by molar-refractivity contribution is -0.133. The van der Waals surface area contributed by atoms with E-state index in [4.69, 9.17) is 40.1 Å². The SMILES string of the molecule is CCCC[C@H](NC(=O)[C@@H](N)CCCCCN)C(=O)N[C@@H](CCCN=C(N)N)C(=O)N[C@@H](CCCN=C(N)N)C(N)=O. The van der Waals surface area contributed by atoms with Gasteiger partial charge in [0, 0.05) is 13.1 Å². The number of rotatable bonds is 23. The average molecular weight is 585 g/mol. The van der Waals surface area contributed by atoms with Gasteiger partial charge < -0.3 is 56.1 Å². The highest BCUT2D eigenvalue weighted by molar-refractivity contribution is 5.94. The van der Waals surface area contributed by atoms with E-state index in [0.29, 0.717) is 38.6 Å². The maximum absolute atomic E-state index is 13.3. The molecule has 236 valence electrons. The highest BCUT2D eigenvalue weighted by atomic mass is 16.2. The van der Waals surface area contributed by atoms with Crippen LogP contribution in [0.4, 0.5) is 0 Å². The summed E-state index contributed by atoms with van der Waals surface area (Å²) < 4.78 is 0. The van der Waals surface area contributed by atoms with Crippen LogP contribution in [-0.2, 0) is 19.2 Å². The molecule has 0 unspecified atom stereocenters. The van der Waals surface area contributed by atoms with Crippen molar-refractivity contribution in [3.63, 3.8) is 0 Å². The largest absolute Gasteiger partial charge is 0.370 e. The summed E-state index contributed by atoms with van der Waals surface area (Å²) >= 11 is 0. The van der Waals surface area contributed by atoms with E-state index in [2.05, 4.69) is 25.9 Å². The number of primary amides is 1. The van der Waals surface area contributed by atoms with E-state index < -0.39 is 47.8 Å². The van der Waals surface area contributed by atoms with Gasteiger partial charge in [0.05, 0.1) is 6.04 Å². The number of hydrogen-bond donors (Lipinski definition) is 10. The third-order valence-electron chi connectivity index (χ3n) is 6.22. The molecule has 0 aromatic carbocycles. The maximum Gasteiger partial charge on any atom is 0.243 e. The zero-order valence-corrected chi connectivity index (χ0v) is 24.3. The molecule has 0 heterocycles. The summed E-state index contributed by atoms with van der Waals surface area (Å²) in [5.41, 5.74) is 38.4. The molecule has 0 saturated carbocycles. The van der Waals surface area contributed by atoms with Crippen LogP contribution in [0.15, 0.2) is 9.98 Å². The molecule has 0 rings (SSSR count). The van der Waals surface area contributed by atoms with E-state index >= 15 is 0 Å². The van der Waals surface area contributed by atoms with Gasteiger partial charge in [-0.15, -0.1) is 0 Å². The Balaban J connectivity index is 5.54. The predicted molar refractivity (Wildman–Crippen MR) is 160 cm³/mol. The lowest BCUT2D eigenvalue weighted by Crippen LogP contribution is -2.57. The van der Waals surface area contributed by atoms with E-state index in [1.165, 1.54) is 0 Å². The zero-order chi connectivity index (χ0) is 31.2. The van der Waals surface area contributed by atoms with Crippen molar-refractivity contribution < 1.29 is 19.2 Å². The molecule has 4 atom stereocenters. The van der Waals surface area contributed by atoms with Gasteiger partial charge in [0.2, 0.25) is 23.6 Å². The Morgan fingerprint density at radius 2 is 1.07 bits per heavy atom. The van der Waals surface area contributed by atoms with Gasteiger partial charge >= 0.3 is 0 Å². The molecule has 17 N–H and O–H groups in total. The molecule has 4 amide bonds. The molecule has 0 spiro atoms. The number of amides is 4. The molecule has 0 bridgehead atoms. The Bertz CT molecular complexity index is 860. The first-order valence-corrected chi connectivity index (χ1v) is 14.2. The number of nitrogens with one attached hydrogen (secondary N) is 3. The van der Waals surface area contributed by atoms with E-state index in [1.807, 2.05) is 6.92 Å². The molecule has 0 aliphatic carbocycles. The van der Waals surface area contributed by atoms with Crippen molar-refractivity contribution in [3.05, 3.63) is 0 Å². The summed E-state index contributed by atoms with van der Waals surface area (Å²) in [7, 11) is 0. The van der Waals surface area contributed by atoms with Crippen molar-refractivity contribution in [1.82, 2.24) is 16.0 Å². The fourth-order valence-electron chi connectivity index (χ4n) is 3.88. The Hall–Kier alpha value is -3.66. The van der Waals surface area contributed by atoms with Crippen LogP contribution in [0.5, 0.6) is 0 Å². The molecule has 16 nitrogen and oxygen atoms in total. The van der Waals surface area contributed by atoms with Gasteiger partial charge in [-0.3, -0.25) is 29.2 Å². The standard InChI is InChI=1S/C25H52N12O4/c1-2-3-10-18(36-21(39)16(27)9-5-4-6-13-26)23(41)37-19(12-8-15-34-25(31)32)22(40)35-17(20(28)38)11-7-14-33-24(29)30/h16-19H,2-15,26-27H2,1H3,(H2,28,38)(H,35,40)(H,36,39)(H,37,41)(H4,29,30,33)(H4,31,32,34)/t16-,17-,18-,19-/m0/s1. The highest BCUT2D eigenvalue weighted by Gasteiger charge is 2.29. The van der Waals surface area contributed by atoms with Crippen molar-refractivity contribution in [2.24, 2.45) is 50.1 Å². The Kier molecular flexibility index (Phi) is 20.1. The summed E-state index contributed by atoms with van der Waals surface area (Å²) in [6, 6.07) is -3.75. The molecule has 41 heavy (non-hydrogen) atoms. The van der Waals surface area contributed by atoms with Crippen molar-refractivity contribution >= 4 is 35.5 Å². The van der Waals surface area contributed by atoms with Gasteiger partial charge in [-0.1, -0.05) is 32.6 Å². The van der Waals surface area contributed by atoms with E-state index in [0.717, 1.165) is 25.7 Å². The van der Waals surface area contributed by atoms with Crippen LogP contribution in [-0.4, -0.2) is 79.3 Å². The topological polar surface area (TPSA) is 311 Å². The number of hydrogen-bond acceptors (Lipinski definition) is 8. The molecule has 0 saturated heterocycles. The highest BCUT2D eigenvalue weighted by Crippen LogP contribution is 2.08. The fraction of sp³-hybridized carbons (Fsp3) is 0.760. The molecule has 16 heteroatoms. The van der Waals surface area contributed by atoms with E-state index in [1.54, 1.807) is 0 Å². The fourth-order valence-corrected chi connectivity index (χ4v) is 3.88. The first kappa shape index (κ1) is 37.3. The number of nitrogens with zero attached hydrogens (tertiary/aromatic N) is 2. The van der Waals surface area contributed by atoms with Gasteiger partial charge in [0.25, 0.3) is 0 Å². The average Bonchev–Trinajstić information content (AvgIpc) is 2.91. The Morgan fingerprint density at radius 1 is 0.610 bits per heavy atom. The lowest BCUT2D eigenvalue weighted by atomic mass is 10.0. The molecular formula is C25H52N12O4. The molecule has 0 aliphatic heterocycles. The smallest absolute Gasteiger partial charge is 0.243 e. The number of aliphatic imine (C=N–C) groups is 2. The number of carbonyl (C=O) groups is 4. The Labute approximate surface area is 242 Å². The zero-order valence-electron chi connectivity index (χ0n) is 24.3. The monoisotopic (exact) mass is 584 g/mol. The van der Waals surface area contributed by atoms with Crippen molar-refractivity contribution in [2.45, 2.75) is 102 Å². The van der Waals surface area contributed by atoms with Crippen molar-refractivity contribution in [1.29, 1.82) is 0 Å². The number of unbranched alkanes of at least 4 members (excludes halogenated alkanes) is 3. The van der Waals surface area contributed by atoms with Crippen LogP contribution < -0.4 is 56.1 Å². The third-order valence-corrected chi connectivity index (χ3v) is 6.22. The summed E-state index contributed by atoms with van der Waals surface area (Å²) in [6.45, 7) is 2.99. The van der Waals surface area contributed by atoms with Gasteiger partial charge in [-0.05, 0) is 51.5 Å². The lowest BCUT2D eigenvalue weighted by Gasteiger charge is -2.25.